The maximum atomic E-state index is 13.1. The molecular formula is C20H32N2O. The lowest BCUT2D eigenvalue weighted by Gasteiger charge is -2.27. The molecular weight excluding hydrogens is 284 g/mol. The van der Waals surface area contributed by atoms with Crippen LogP contribution in [-0.2, 0) is 0 Å². The summed E-state index contributed by atoms with van der Waals surface area (Å²) in [6.45, 7) is 8.33. The van der Waals surface area contributed by atoms with Crippen LogP contribution in [0, 0.1) is 19.8 Å². The molecule has 2 aliphatic rings. The van der Waals surface area contributed by atoms with E-state index in [1.165, 1.54) is 56.3 Å². The highest BCUT2D eigenvalue weighted by molar-refractivity contribution is 5.95. The van der Waals surface area contributed by atoms with Gasteiger partial charge in [0.05, 0.1) is 5.56 Å². The Bertz CT molecular complexity index is 550. The summed E-state index contributed by atoms with van der Waals surface area (Å²) in [5.74, 6) is 1.02. The van der Waals surface area contributed by atoms with Crippen molar-refractivity contribution < 1.29 is 4.79 Å². The Hall–Kier alpha value is -1.25. The topological polar surface area (TPSA) is 25.2 Å². The summed E-state index contributed by atoms with van der Waals surface area (Å²) in [6.07, 6.45) is 10.2. The number of carbonyl (C=O) groups is 1. The van der Waals surface area contributed by atoms with Crippen LogP contribution in [-0.4, -0.2) is 28.5 Å². The van der Waals surface area contributed by atoms with Crippen LogP contribution in [0.3, 0.4) is 0 Å². The summed E-state index contributed by atoms with van der Waals surface area (Å²) in [6, 6.07) is 2.75. The predicted octanol–water partition coefficient (Wildman–Crippen LogP) is 4.87. The van der Waals surface area contributed by atoms with Gasteiger partial charge in [-0.25, -0.2) is 0 Å². The molecule has 3 rings (SSSR count). The third-order valence-electron chi connectivity index (χ3n) is 5.61. The van der Waals surface area contributed by atoms with Gasteiger partial charge in [-0.05, 0) is 57.9 Å². The zero-order valence-electron chi connectivity index (χ0n) is 15.1. The molecule has 23 heavy (non-hydrogen) atoms. The molecule has 3 nitrogen and oxygen atoms in total. The maximum Gasteiger partial charge on any atom is 0.255 e. The lowest BCUT2D eigenvalue weighted by Crippen LogP contribution is -2.34. The number of rotatable bonds is 6. The van der Waals surface area contributed by atoms with Crippen LogP contribution < -0.4 is 0 Å². The fraction of sp³-hybridized carbons (Fsp3) is 0.750. The molecule has 1 amide bonds. The molecule has 2 aliphatic carbocycles. The number of aryl methyl sites for hydroxylation is 1. The SMILES string of the molecule is CCCN(CC1CC1)C(=O)c1cc(C)n(C2CCCCC2)c1C. The minimum atomic E-state index is 0.258. The van der Waals surface area contributed by atoms with Gasteiger partial charge in [-0.2, -0.15) is 0 Å². The van der Waals surface area contributed by atoms with Gasteiger partial charge in [0.15, 0.2) is 0 Å². The van der Waals surface area contributed by atoms with Gasteiger partial charge in [0.2, 0.25) is 0 Å². The van der Waals surface area contributed by atoms with Gasteiger partial charge in [-0.3, -0.25) is 4.79 Å². The van der Waals surface area contributed by atoms with Crippen LogP contribution in [0.15, 0.2) is 6.07 Å². The molecule has 1 heterocycles. The minimum absolute atomic E-state index is 0.258. The van der Waals surface area contributed by atoms with Gasteiger partial charge in [-0.1, -0.05) is 26.2 Å². The average molecular weight is 316 g/mol. The van der Waals surface area contributed by atoms with Crippen molar-refractivity contribution in [3.8, 4) is 0 Å². The van der Waals surface area contributed by atoms with Crippen LogP contribution in [0.4, 0.5) is 0 Å². The smallest absolute Gasteiger partial charge is 0.255 e. The number of amides is 1. The third kappa shape index (κ3) is 3.64. The van der Waals surface area contributed by atoms with Crippen molar-refractivity contribution in [2.45, 2.75) is 78.2 Å². The van der Waals surface area contributed by atoms with Crippen molar-refractivity contribution in [1.29, 1.82) is 0 Å². The van der Waals surface area contributed by atoms with Crippen molar-refractivity contribution in [3.63, 3.8) is 0 Å². The Balaban J connectivity index is 1.81. The highest BCUT2D eigenvalue weighted by atomic mass is 16.2. The summed E-state index contributed by atoms with van der Waals surface area (Å²) in [5, 5.41) is 0. The van der Waals surface area contributed by atoms with Crippen molar-refractivity contribution in [1.82, 2.24) is 9.47 Å². The van der Waals surface area contributed by atoms with Gasteiger partial charge in [0.25, 0.3) is 5.91 Å². The van der Waals surface area contributed by atoms with Crippen molar-refractivity contribution >= 4 is 5.91 Å². The summed E-state index contributed by atoms with van der Waals surface area (Å²) in [7, 11) is 0. The molecule has 2 fully saturated rings. The summed E-state index contributed by atoms with van der Waals surface area (Å²) < 4.78 is 2.45. The number of nitrogens with zero attached hydrogens (tertiary/aromatic N) is 2. The van der Waals surface area contributed by atoms with Crippen LogP contribution in [0.1, 0.15) is 86.1 Å². The maximum absolute atomic E-state index is 13.1. The molecule has 1 aromatic heterocycles. The molecule has 128 valence electrons. The van der Waals surface area contributed by atoms with E-state index in [2.05, 4.69) is 36.3 Å². The van der Waals surface area contributed by atoms with Crippen LogP contribution in [0.2, 0.25) is 0 Å². The molecule has 0 spiro atoms. The molecule has 1 aromatic rings. The molecule has 0 aromatic carbocycles. The molecule has 0 radical (unpaired) electrons. The van der Waals surface area contributed by atoms with Gasteiger partial charge in [-0.15, -0.1) is 0 Å². The first-order valence-corrected chi connectivity index (χ1v) is 9.59. The Morgan fingerprint density at radius 1 is 1.17 bits per heavy atom. The molecule has 2 saturated carbocycles. The second kappa shape index (κ2) is 7.11. The zero-order valence-corrected chi connectivity index (χ0v) is 15.1. The Kier molecular flexibility index (Phi) is 5.13. The average Bonchev–Trinajstić information content (AvgIpc) is 3.31. The Labute approximate surface area is 141 Å². The lowest BCUT2D eigenvalue weighted by molar-refractivity contribution is 0.0746. The van der Waals surface area contributed by atoms with E-state index < -0.39 is 0 Å². The monoisotopic (exact) mass is 316 g/mol. The number of hydrogen-bond donors (Lipinski definition) is 0. The van der Waals surface area contributed by atoms with Gasteiger partial charge in [0.1, 0.15) is 0 Å². The lowest BCUT2D eigenvalue weighted by atomic mass is 9.95. The summed E-state index contributed by atoms with van der Waals surface area (Å²) in [4.78, 5) is 15.2. The van der Waals surface area contributed by atoms with E-state index in [0.29, 0.717) is 6.04 Å². The fourth-order valence-electron chi connectivity index (χ4n) is 4.22. The van der Waals surface area contributed by atoms with Crippen molar-refractivity contribution in [2.75, 3.05) is 13.1 Å². The molecule has 0 unspecified atom stereocenters. The molecule has 0 atom stereocenters. The first-order valence-electron chi connectivity index (χ1n) is 9.59. The number of carbonyl (C=O) groups excluding carboxylic acids is 1. The Morgan fingerprint density at radius 2 is 1.87 bits per heavy atom. The normalized spacial score (nSPS) is 19.1. The highest BCUT2D eigenvalue weighted by Gasteiger charge is 2.29. The van der Waals surface area contributed by atoms with Crippen LogP contribution in [0.5, 0.6) is 0 Å². The van der Waals surface area contributed by atoms with E-state index in [1.807, 2.05) is 0 Å². The summed E-state index contributed by atoms with van der Waals surface area (Å²) in [5.41, 5.74) is 3.40. The van der Waals surface area contributed by atoms with E-state index in [9.17, 15) is 4.79 Å². The zero-order chi connectivity index (χ0) is 16.4. The third-order valence-corrected chi connectivity index (χ3v) is 5.61. The molecule has 3 heteroatoms. The predicted molar refractivity (Wildman–Crippen MR) is 94.9 cm³/mol. The van der Waals surface area contributed by atoms with E-state index >= 15 is 0 Å². The quantitative estimate of drug-likeness (QED) is 0.735. The largest absolute Gasteiger partial charge is 0.345 e. The van der Waals surface area contributed by atoms with E-state index in [4.69, 9.17) is 0 Å². The fourth-order valence-corrected chi connectivity index (χ4v) is 4.22. The molecule has 0 saturated heterocycles. The van der Waals surface area contributed by atoms with E-state index in [0.717, 1.165) is 31.0 Å². The van der Waals surface area contributed by atoms with Crippen molar-refractivity contribution in [3.05, 3.63) is 23.0 Å². The van der Waals surface area contributed by atoms with Gasteiger partial charge < -0.3 is 9.47 Å². The second-order valence-corrected chi connectivity index (χ2v) is 7.64. The van der Waals surface area contributed by atoms with E-state index in [1.54, 1.807) is 0 Å². The molecule has 0 aliphatic heterocycles. The molecule has 0 N–H and O–H groups in total. The molecule has 0 bridgehead atoms. The summed E-state index contributed by atoms with van der Waals surface area (Å²) >= 11 is 0. The first-order chi connectivity index (χ1) is 11.1. The number of hydrogen-bond acceptors (Lipinski definition) is 1. The van der Waals surface area contributed by atoms with Crippen molar-refractivity contribution in [2.24, 2.45) is 5.92 Å². The minimum Gasteiger partial charge on any atom is -0.345 e. The standard InChI is InChI=1S/C20H32N2O/c1-4-12-21(14-17-10-11-17)20(23)19-13-15(2)22(16(19)3)18-8-6-5-7-9-18/h13,17-18H,4-12,14H2,1-3H3. The highest BCUT2D eigenvalue weighted by Crippen LogP contribution is 2.33. The van der Waals surface area contributed by atoms with Gasteiger partial charge in [0, 0.05) is 30.5 Å². The first kappa shape index (κ1) is 16.6. The van der Waals surface area contributed by atoms with Gasteiger partial charge >= 0.3 is 0 Å². The van der Waals surface area contributed by atoms with Crippen LogP contribution in [0.25, 0.3) is 0 Å². The number of aromatic nitrogens is 1. The van der Waals surface area contributed by atoms with Crippen LogP contribution >= 0.6 is 0 Å². The second-order valence-electron chi connectivity index (χ2n) is 7.64. The van der Waals surface area contributed by atoms with E-state index in [-0.39, 0.29) is 5.91 Å². The Morgan fingerprint density at radius 3 is 2.48 bits per heavy atom.